The highest BCUT2D eigenvalue weighted by Crippen LogP contribution is 2.30. The van der Waals surface area contributed by atoms with E-state index in [1.54, 1.807) is 42.5 Å². The van der Waals surface area contributed by atoms with Crippen molar-refractivity contribution in [1.82, 2.24) is 0 Å². The van der Waals surface area contributed by atoms with Crippen LogP contribution in [0.1, 0.15) is 5.56 Å². The summed E-state index contributed by atoms with van der Waals surface area (Å²) in [5, 5.41) is 6.76. The quantitative estimate of drug-likeness (QED) is 0.528. The van der Waals surface area contributed by atoms with Crippen LogP contribution in [0.2, 0.25) is 5.02 Å². The summed E-state index contributed by atoms with van der Waals surface area (Å²) in [6, 6.07) is 12.0. The Labute approximate surface area is 137 Å². The number of ether oxygens (including phenoxy) is 2. The second-order valence-electron chi connectivity index (χ2n) is 4.65. The minimum atomic E-state index is -0.693. The zero-order valence-corrected chi connectivity index (χ0v) is 12.7. The molecule has 1 amide bonds. The molecule has 1 aliphatic rings. The van der Waals surface area contributed by atoms with Crippen LogP contribution < -0.4 is 14.8 Å². The predicted octanol–water partition coefficient (Wildman–Crippen LogP) is 3.69. The zero-order chi connectivity index (χ0) is 16.1. The van der Waals surface area contributed by atoms with E-state index in [1.165, 1.54) is 6.21 Å². The van der Waals surface area contributed by atoms with Crippen molar-refractivity contribution in [3.05, 3.63) is 53.1 Å². The van der Waals surface area contributed by atoms with E-state index in [0.717, 1.165) is 5.56 Å². The van der Waals surface area contributed by atoms with Gasteiger partial charge in [0, 0.05) is 16.3 Å². The van der Waals surface area contributed by atoms with E-state index in [2.05, 4.69) is 10.5 Å². The average molecular weight is 333 g/mol. The molecule has 0 bridgehead atoms. The summed E-state index contributed by atoms with van der Waals surface area (Å²) >= 11 is 5.76. The average Bonchev–Trinajstić information content (AvgIpc) is 2.57. The smallest absolute Gasteiger partial charge is 0.437 e. The molecule has 0 aromatic heterocycles. The third-order valence-electron chi connectivity index (χ3n) is 2.99. The molecule has 0 aliphatic carbocycles. The number of fused-ring (bicyclic) bond motifs is 1. The van der Waals surface area contributed by atoms with Gasteiger partial charge >= 0.3 is 6.09 Å². The highest BCUT2D eigenvalue weighted by atomic mass is 35.5. The molecule has 1 aliphatic heterocycles. The molecule has 7 heteroatoms. The highest BCUT2D eigenvalue weighted by molar-refractivity contribution is 6.30. The van der Waals surface area contributed by atoms with Gasteiger partial charge in [0.25, 0.3) is 0 Å². The van der Waals surface area contributed by atoms with E-state index in [9.17, 15) is 4.79 Å². The normalized spacial score (nSPS) is 12.9. The molecule has 3 rings (SSSR count). The van der Waals surface area contributed by atoms with Crippen molar-refractivity contribution in [2.45, 2.75) is 0 Å². The SMILES string of the molecule is O=C(Nc1ccc(Cl)cc1)ON=Cc1ccc2c(c1)OCCO2. The number of nitrogens with one attached hydrogen (secondary N) is 1. The summed E-state index contributed by atoms with van der Waals surface area (Å²) < 4.78 is 10.9. The third-order valence-corrected chi connectivity index (χ3v) is 3.25. The van der Waals surface area contributed by atoms with Crippen molar-refractivity contribution in [3.8, 4) is 11.5 Å². The van der Waals surface area contributed by atoms with Gasteiger partial charge in [-0.05, 0) is 42.5 Å². The zero-order valence-electron chi connectivity index (χ0n) is 12.0. The third kappa shape index (κ3) is 4.14. The largest absolute Gasteiger partial charge is 0.486 e. The standard InChI is InChI=1S/C16H13ClN2O4/c17-12-2-4-13(5-3-12)19-16(20)23-18-10-11-1-6-14-15(9-11)22-8-7-21-14/h1-6,9-10H,7-8H2,(H,19,20). The number of rotatable bonds is 3. The van der Waals surface area contributed by atoms with Crippen LogP contribution in [0, 0.1) is 0 Å². The van der Waals surface area contributed by atoms with Crippen LogP contribution in [0.3, 0.4) is 0 Å². The molecule has 6 nitrogen and oxygen atoms in total. The molecule has 0 fully saturated rings. The molecular formula is C16H13ClN2O4. The Morgan fingerprint density at radius 2 is 1.87 bits per heavy atom. The summed E-state index contributed by atoms with van der Waals surface area (Å²) in [7, 11) is 0. The van der Waals surface area contributed by atoms with Gasteiger partial charge in [0.15, 0.2) is 11.5 Å². The van der Waals surface area contributed by atoms with Crippen molar-refractivity contribution < 1.29 is 19.1 Å². The number of amides is 1. The molecular weight excluding hydrogens is 320 g/mol. The summed E-state index contributed by atoms with van der Waals surface area (Å²) in [6.07, 6.45) is 0.723. The van der Waals surface area contributed by atoms with Gasteiger partial charge < -0.3 is 9.47 Å². The predicted molar refractivity (Wildman–Crippen MR) is 86.6 cm³/mol. The van der Waals surface area contributed by atoms with Crippen molar-refractivity contribution in [1.29, 1.82) is 0 Å². The monoisotopic (exact) mass is 332 g/mol. The van der Waals surface area contributed by atoms with Crippen LogP contribution >= 0.6 is 11.6 Å². The van der Waals surface area contributed by atoms with Gasteiger partial charge in [0.2, 0.25) is 0 Å². The summed E-state index contributed by atoms with van der Waals surface area (Å²) in [5.74, 6) is 1.33. The van der Waals surface area contributed by atoms with E-state index in [1.807, 2.05) is 0 Å². The first kappa shape index (κ1) is 15.2. The summed E-state index contributed by atoms with van der Waals surface area (Å²) in [4.78, 5) is 16.3. The van der Waals surface area contributed by atoms with Crippen LogP contribution in [-0.4, -0.2) is 25.5 Å². The van der Waals surface area contributed by atoms with Crippen molar-refractivity contribution in [2.24, 2.45) is 5.16 Å². The van der Waals surface area contributed by atoms with Gasteiger partial charge in [-0.2, -0.15) is 0 Å². The molecule has 0 radical (unpaired) electrons. The molecule has 0 spiro atoms. The first-order valence-corrected chi connectivity index (χ1v) is 7.25. The summed E-state index contributed by atoms with van der Waals surface area (Å²) in [5.41, 5.74) is 1.29. The molecule has 0 atom stereocenters. The lowest BCUT2D eigenvalue weighted by molar-refractivity contribution is 0.167. The van der Waals surface area contributed by atoms with Crippen LogP contribution in [0.4, 0.5) is 10.5 Å². The molecule has 0 saturated carbocycles. The van der Waals surface area contributed by atoms with E-state index >= 15 is 0 Å². The number of hydrogen-bond donors (Lipinski definition) is 1. The van der Waals surface area contributed by atoms with Gasteiger partial charge in [-0.3, -0.25) is 10.2 Å². The molecule has 2 aromatic carbocycles. The first-order chi connectivity index (χ1) is 11.2. The fourth-order valence-electron chi connectivity index (χ4n) is 1.95. The maximum Gasteiger partial charge on any atom is 0.437 e. The maximum atomic E-state index is 11.6. The molecule has 118 valence electrons. The van der Waals surface area contributed by atoms with E-state index < -0.39 is 6.09 Å². The lowest BCUT2D eigenvalue weighted by Crippen LogP contribution is -2.15. The molecule has 23 heavy (non-hydrogen) atoms. The Bertz CT molecular complexity index is 731. The Hall–Kier alpha value is -2.73. The van der Waals surface area contributed by atoms with Crippen LogP contribution in [0.5, 0.6) is 11.5 Å². The minimum absolute atomic E-state index is 0.508. The van der Waals surface area contributed by atoms with Crippen molar-refractivity contribution in [2.75, 3.05) is 18.5 Å². The second kappa shape index (κ2) is 7.02. The van der Waals surface area contributed by atoms with Gasteiger partial charge in [-0.25, -0.2) is 4.79 Å². The van der Waals surface area contributed by atoms with Gasteiger partial charge in [-0.1, -0.05) is 16.8 Å². The Kier molecular flexibility index (Phi) is 4.63. The summed E-state index contributed by atoms with van der Waals surface area (Å²) in [6.45, 7) is 1.04. The van der Waals surface area contributed by atoms with E-state index in [4.69, 9.17) is 25.9 Å². The topological polar surface area (TPSA) is 69.2 Å². The number of halogens is 1. The fourth-order valence-corrected chi connectivity index (χ4v) is 2.08. The van der Waals surface area contributed by atoms with Crippen LogP contribution in [-0.2, 0) is 4.84 Å². The number of anilines is 1. The molecule has 0 saturated heterocycles. The Morgan fingerprint density at radius 3 is 2.65 bits per heavy atom. The fraction of sp³-hybridized carbons (Fsp3) is 0.125. The number of hydrogen-bond acceptors (Lipinski definition) is 5. The molecule has 2 aromatic rings. The van der Waals surface area contributed by atoms with Crippen molar-refractivity contribution >= 4 is 29.6 Å². The molecule has 1 N–H and O–H groups in total. The lowest BCUT2D eigenvalue weighted by Gasteiger charge is -2.18. The highest BCUT2D eigenvalue weighted by Gasteiger charge is 2.11. The van der Waals surface area contributed by atoms with Crippen LogP contribution in [0.25, 0.3) is 0 Å². The molecule has 1 heterocycles. The van der Waals surface area contributed by atoms with Crippen molar-refractivity contribution in [3.63, 3.8) is 0 Å². The van der Waals surface area contributed by atoms with Gasteiger partial charge in [0.05, 0.1) is 6.21 Å². The second-order valence-corrected chi connectivity index (χ2v) is 5.08. The number of carbonyl (C=O) groups is 1. The van der Waals surface area contributed by atoms with Gasteiger partial charge in [0.1, 0.15) is 13.2 Å². The van der Waals surface area contributed by atoms with E-state index in [-0.39, 0.29) is 0 Å². The first-order valence-electron chi connectivity index (χ1n) is 6.87. The lowest BCUT2D eigenvalue weighted by atomic mass is 10.2. The number of nitrogens with zero attached hydrogens (tertiary/aromatic N) is 1. The van der Waals surface area contributed by atoms with Crippen LogP contribution in [0.15, 0.2) is 47.6 Å². The Balaban J connectivity index is 1.56. The minimum Gasteiger partial charge on any atom is -0.486 e. The van der Waals surface area contributed by atoms with Gasteiger partial charge in [-0.15, -0.1) is 0 Å². The number of benzene rings is 2. The maximum absolute atomic E-state index is 11.6. The molecule has 0 unspecified atom stereocenters. The number of oxime groups is 1. The van der Waals surface area contributed by atoms with E-state index in [0.29, 0.717) is 35.4 Å². The number of carbonyl (C=O) groups excluding carboxylic acids is 1. The Morgan fingerprint density at radius 1 is 1.13 bits per heavy atom.